The number of carbonyl (C=O) groups is 2. The molecule has 2 heterocycles. The van der Waals surface area contributed by atoms with Gasteiger partial charge >= 0.3 is 5.97 Å². The van der Waals surface area contributed by atoms with Gasteiger partial charge in [0.1, 0.15) is 11.6 Å². The number of H-pyrrole nitrogens is 1. The zero-order valence-corrected chi connectivity index (χ0v) is 22.2. The number of hydrogen-bond acceptors (Lipinski definition) is 8. The minimum atomic E-state index is -3.99. The molecule has 0 radical (unpaired) electrons. The summed E-state index contributed by atoms with van der Waals surface area (Å²) < 4.78 is 33.1. The fourth-order valence-corrected chi connectivity index (χ4v) is 5.58. The van der Waals surface area contributed by atoms with Crippen LogP contribution in [0.4, 0.5) is 5.69 Å². The SMILES string of the molecule is CCC(NS(=O)(=O)c1ccc(-c2ccc(NC(=O)c3oc4cccc(-c5nn[nH]n5)c4c3C)cc2)cc1)C(=O)O. The predicted molar refractivity (Wildman–Crippen MR) is 146 cm³/mol. The first kappa shape index (κ1) is 26.7. The average Bonchev–Trinajstić information content (AvgIpc) is 3.61. The van der Waals surface area contributed by atoms with Gasteiger partial charge in [-0.15, -0.1) is 10.2 Å². The van der Waals surface area contributed by atoms with Crippen LogP contribution in [0, 0.1) is 6.92 Å². The number of aromatic nitrogens is 4. The van der Waals surface area contributed by atoms with Gasteiger partial charge < -0.3 is 14.8 Å². The zero-order chi connectivity index (χ0) is 28.4. The van der Waals surface area contributed by atoms with Crippen LogP contribution in [-0.2, 0) is 14.8 Å². The van der Waals surface area contributed by atoms with Gasteiger partial charge in [-0.3, -0.25) is 9.59 Å². The number of furan rings is 1. The molecule has 0 aliphatic rings. The highest BCUT2D eigenvalue weighted by Gasteiger charge is 2.24. The Hall–Kier alpha value is -4.88. The Kier molecular flexibility index (Phi) is 7.15. The third-order valence-electron chi connectivity index (χ3n) is 6.39. The van der Waals surface area contributed by atoms with Gasteiger partial charge in [0.05, 0.1) is 4.90 Å². The number of carbonyl (C=O) groups excluding carboxylic acids is 1. The number of benzene rings is 3. The number of hydrogen-bond donors (Lipinski definition) is 4. The van der Waals surface area contributed by atoms with E-state index in [2.05, 4.69) is 30.7 Å². The van der Waals surface area contributed by atoms with Crippen molar-refractivity contribution in [2.45, 2.75) is 31.2 Å². The van der Waals surface area contributed by atoms with E-state index in [1.807, 2.05) is 6.07 Å². The summed E-state index contributed by atoms with van der Waals surface area (Å²) in [5.41, 5.74) is 3.92. The van der Waals surface area contributed by atoms with E-state index in [0.29, 0.717) is 28.2 Å². The van der Waals surface area contributed by atoms with Crippen LogP contribution < -0.4 is 10.0 Å². The largest absolute Gasteiger partial charge is 0.480 e. The van der Waals surface area contributed by atoms with Crippen molar-refractivity contribution in [2.24, 2.45) is 0 Å². The van der Waals surface area contributed by atoms with E-state index in [-0.39, 0.29) is 17.1 Å². The standard InChI is InChI=1S/C27H24N6O6S/c1-3-21(27(35)36)31-40(37,38)19-13-9-17(10-14-19)16-7-11-18(12-8-16)28-26(34)24-15(2)23-20(25-29-32-33-30-25)5-4-6-22(23)39-24/h4-14,21,31H,3H2,1-2H3,(H,28,34)(H,35,36)(H,29,30,32,33). The van der Waals surface area contributed by atoms with Gasteiger partial charge in [-0.25, -0.2) is 8.42 Å². The molecular weight excluding hydrogens is 536 g/mol. The molecule has 0 spiro atoms. The molecule has 5 rings (SSSR count). The molecule has 1 amide bonds. The van der Waals surface area contributed by atoms with E-state index < -0.39 is 27.9 Å². The lowest BCUT2D eigenvalue weighted by Gasteiger charge is -2.13. The van der Waals surface area contributed by atoms with Gasteiger partial charge in [-0.05, 0) is 60.0 Å². The molecule has 1 unspecified atom stereocenters. The number of sulfonamides is 1. The normalized spacial score (nSPS) is 12.3. The van der Waals surface area contributed by atoms with Crippen molar-refractivity contribution >= 4 is 38.6 Å². The van der Waals surface area contributed by atoms with Crippen molar-refractivity contribution in [3.63, 3.8) is 0 Å². The Morgan fingerprint density at radius 3 is 2.30 bits per heavy atom. The van der Waals surface area contributed by atoms with Crippen molar-refractivity contribution in [2.75, 3.05) is 5.32 Å². The number of rotatable bonds is 9. The maximum Gasteiger partial charge on any atom is 0.321 e. The summed E-state index contributed by atoms with van der Waals surface area (Å²) in [4.78, 5) is 24.2. The van der Waals surface area contributed by atoms with Crippen LogP contribution in [0.2, 0.25) is 0 Å². The molecule has 0 aliphatic carbocycles. The number of carboxylic acid groups (broad SMARTS) is 1. The second-order valence-corrected chi connectivity index (χ2v) is 10.7. The summed E-state index contributed by atoms with van der Waals surface area (Å²) in [6.07, 6.45) is 0.118. The van der Waals surface area contributed by atoms with Gasteiger partial charge in [0.2, 0.25) is 15.8 Å². The highest BCUT2D eigenvalue weighted by atomic mass is 32.2. The average molecular weight is 561 g/mol. The van der Waals surface area contributed by atoms with Gasteiger partial charge in [0.25, 0.3) is 5.91 Å². The van der Waals surface area contributed by atoms with Crippen LogP contribution in [-0.4, -0.2) is 52.1 Å². The second kappa shape index (κ2) is 10.7. The first-order valence-corrected chi connectivity index (χ1v) is 13.7. The quantitative estimate of drug-likeness (QED) is 0.207. The lowest BCUT2D eigenvalue weighted by molar-refractivity contribution is -0.139. The topological polar surface area (TPSA) is 180 Å². The van der Waals surface area contributed by atoms with Crippen molar-refractivity contribution in [3.05, 3.63) is 78.1 Å². The molecule has 204 valence electrons. The summed E-state index contributed by atoms with van der Waals surface area (Å²) in [5.74, 6) is -1.11. The molecule has 0 saturated heterocycles. The van der Waals surface area contributed by atoms with Gasteiger partial charge in [0, 0.05) is 22.2 Å². The third-order valence-corrected chi connectivity index (χ3v) is 7.88. The van der Waals surface area contributed by atoms with E-state index in [9.17, 15) is 18.0 Å². The van der Waals surface area contributed by atoms with E-state index in [4.69, 9.17) is 9.52 Å². The van der Waals surface area contributed by atoms with Crippen LogP contribution >= 0.6 is 0 Å². The highest BCUT2D eigenvalue weighted by molar-refractivity contribution is 7.89. The van der Waals surface area contributed by atoms with Gasteiger partial charge in [0.15, 0.2) is 5.76 Å². The zero-order valence-electron chi connectivity index (χ0n) is 21.4. The smallest absolute Gasteiger partial charge is 0.321 e. The molecule has 0 bridgehead atoms. The molecule has 0 fully saturated rings. The Bertz CT molecular complexity index is 1800. The van der Waals surface area contributed by atoms with Crippen LogP contribution in [0.1, 0.15) is 29.5 Å². The van der Waals surface area contributed by atoms with Crippen molar-refractivity contribution in [3.8, 4) is 22.5 Å². The number of nitrogens with zero attached hydrogens (tertiary/aromatic N) is 3. The number of tetrazole rings is 1. The fraction of sp³-hybridized carbons (Fsp3) is 0.148. The summed E-state index contributed by atoms with van der Waals surface area (Å²) in [5, 5.41) is 26.8. The fourth-order valence-electron chi connectivity index (χ4n) is 4.31. The van der Waals surface area contributed by atoms with Crippen molar-refractivity contribution in [1.29, 1.82) is 0 Å². The lowest BCUT2D eigenvalue weighted by Crippen LogP contribution is -2.40. The molecule has 0 aliphatic heterocycles. The van der Waals surface area contributed by atoms with Crippen molar-refractivity contribution in [1.82, 2.24) is 25.3 Å². The molecular formula is C27H24N6O6S. The Morgan fingerprint density at radius 2 is 1.70 bits per heavy atom. The molecule has 5 aromatic rings. The summed E-state index contributed by atoms with van der Waals surface area (Å²) in [7, 11) is -3.99. The van der Waals surface area contributed by atoms with Crippen LogP contribution in [0.5, 0.6) is 0 Å². The van der Waals surface area contributed by atoms with Gasteiger partial charge in [-0.1, -0.05) is 43.3 Å². The number of carboxylic acids is 1. The molecule has 1 atom stereocenters. The molecule has 3 aromatic carbocycles. The molecule has 13 heteroatoms. The molecule has 0 saturated carbocycles. The van der Waals surface area contributed by atoms with Crippen molar-refractivity contribution < 1.29 is 27.5 Å². The van der Waals surface area contributed by atoms with Gasteiger partial charge in [-0.2, -0.15) is 9.94 Å². The first-order chi connectivity index (χ1) is 19.2. The van der Waals surface area contributed by atoms with Crippen LogP contribution in [0.3, 0.4) is 0 Å². The molecule has 4 N–H and O–H groups in total. The predicted octanol–water partition coefficient (Wildman–Crippen LogP) is 3.98. The lowest BCUT2D eigenvalue weighted by atomic mass is 10.0. The van der Waals surface area contributed by atoms with Crippen LogP contribution in [0.15, 0.2) is 76.0 Å². The molecule has 40 heavy (non-hydrogen) atoms. The second-order valence-electron chi connectivity index (χ2n) is 8.95. The maximum absolute atomic E-state index is 13.1. The first-order valence-electron chi connectivity index (χ1n) is 12.2. The third kappa shape index (κ3) is 5.19. The number of fused-ring (bicyclic) bond motifs is 1. The summed E-state index contributed by atoms with van der Waals surface area (Å²) >= 11 is 0. The Labute approximate surface area is 228 Å². The van der Waals surface area contributed by atoms with Crippen LogP contribution in [0.25, 0.3) is 33.5 Å². The van der Waals surface area contributed by atoms with E-state index in [1.165, 1.54) is 12.1 Å². The summed E-state index contributed by atoms with van der Waals surface area (Å²) in [6.45, 7) is 3.37. The van der Waals surface area contributed by atoms with E-state index in [0.717, 1.165) is 16.5 Å². The number of anilines is 1. The number of aromatic amines is 1. The van der Waals surface area contributed by atoms with E-state index in [1.54, 1.807) is 62.4 Å². The van der Waals surface area contributed by atoms with E-state index >= 15 is 0 Å². The molecule has 12 nitrogen and oxygen atoms in total. The minimum Gasteiger partial charge on any atom is -0.480 e. The monoisotopic (exact) mass is 560 g/mol. The minimum absolute atomic E-state index is 0.0384. The Morgan fingerprint density at radius 1 is 1.02 bits per heavy atom. The summed E-state index contributed by atoms with van der Waals surface area (Å²) in [6, 6.07) is 17.3. The molecule has 2 aromatic heterocycles. The number of aliphatic carboxylic acids is 1. The number of amides is 1. The highest BCUT2D eigenvalue weighted by Crippen LogP contribution is 2.33. The maximum atomic E-state index is 13.1. The number of nitrogens with one attached hydrogen (secondary N) is 3. The Balaban J connectivity index is 1.31. The number of aryl methyl sites for hydroxylation is 1.